The zero-order valence-electron chi connectivity index (χ0n) is 16.1. The normalized spacial score (nSPS) is 15.0. The minimum absolute atomic E-state index is 0.0731. The fourth-order valence-corrected chi connectivity index (χ4v) is 4.81. The van der Waals surface area contributed by atoms with E-state index in [1.807, 2.05) is 19.1 Å². The van der Waals surface area contributed by atoms with Crippen LogP contribution in [0.2, 0.25) is 0 Å². The SMILES string of the molecule is Cc1cc(COc2c(Br)cc(C(C)CC(=O)O)cc2Br)cc(NC2CCC2)c1. The highest BCUT2D eigenvalue weighted by molar-refractivity contribution is 9.11. The van der Waals surface area contributed by atoms with Crippen LogP contribution in [0, 0.1) is 6.92 Å². The predicted molar refractivity (Wildman–Crippen MR) is 119 cm³/mol. The van der Waals surface area contributed by atoms with Gasteiger partial charge in [-0.05, 0) is 105 Å². The Morgan fingerprint density at radius 1 is 1.21 bits per heavy atom. The lowest BCUT2D eigenvalue weighted by atomic mass is 9.93. The van der Waals surface area contributed by atoms with Crippen LogP contribution in [-0.2, 0) is 11.4 Å². The molecule has 1 atom stereocenters. The molecule has 28 heavy (non-hydrogen) atoms. The lowest BCUT2D eigenvalue weighted by molar-refractivity contribution is -0.137. The number of aliphatic carboxylic acids is 1. The van der Waals surface area contributed by atoms with Gasteiger partial charge in [0.2, 0.25) is 0 Å². The molecule has 4 nitrogen and oxygen atoms in total. The van der Waals surface area contributed by atoms with Gasteiger partial charge in [0, 0.05) is 11.7 Å². The number of carboxylic acids is 1. The second-order valence-corrected chi connectivity index (χ2v) is 9.29. The van der Waals surface area contributed by atoms with Crippen LogP contribution in [0.3, 0.4) is 0 Å². The Hall–Kier alpha value is -1.53. The summed E-state index contributed by atoms with van der Waals surface area (Å²) >= 11 is 7.14. The van der Waals surface area contributed by atoms with Crippen LogP contribution in [0.4, 0.5) is 5.69 Å². The Bertz CT molecular complexity index is 842. The van der Waals surface area contributed by atoms with Gasteiger partial charge in [0.25, 0.3) is 0 Å². The van der Waals surface area contributed by atoms with Crippen LogP contribution < -0.4 is 10.1 Å². The van der Waals surface area contributed by atoms with Gasteiger partial charge in [0.1, 0.15) is 12.4 Å². The summed E-state index contributed by atoms with van der Waals surface area (Å²) in [5.41, 5.74) is 4.43. The minimum atomic E-state index is -0.800. The molecule has 0 radical (unpaired) electrons. The van der Waals surface area contributed by atoms with E-state index in [0.717, 1.165) is 31.5 Å². The van der Waals surface area contributed by atoms with Gasteiger partial charge in [-0.25, -0.2) is 0 Å². The summed E-state index contributed by atoms with van der Waals surface area (Å²) in [6.45, 7) is 4.47. The van der Waals surface area contributed by atoms with Crippen molar-refractivity contribution in [2.45, 2.75) is 58.1 Å². The predicted octanol–water partition coefficient (Wildman–Crippen LogP) is 6.64. The lowest BCUT2D eigenvalue weighted by Gasteiger charge is -2.28. The van der Waals surface area contributed by atoms with Crippen molar-refractivity contribution in [3.8, 4) is 5.75 Å². The average Bonchev–Trinajstić information content (AvgIpc) is 2.56. The van der Waals surface area contributed by atoms with Crippen LogP contribution in [-0.4, -0.2) is 17.1 Å². The largest absolute Gasteiger partial charge is 0.487 e. The molecule has 3 rings (SSSR count). The smallest absolute Gasteiger partial charge is 0.303 e. The Morgan fingerprint density at radius 3 is 2.46 bits per heavy atom. The number of carboxylic acid groups (broad SMARTS) is 1. The molecule has 6 heteroatoms. The van der Waals surface area contributed by atoms with E-state index in [1.165, 1.54) is 24.8 Å². The number of nitrogens with one attached hydrogen (secondary N) is 1. The topological polar surface area (TPSA) is 58.6 Å². The van der Waals surface area contributed by atoms with Crippen LogP contribution in [0.1, 0.15) is 55.2 Å². The van der Waals surface area contributed by atoms with Crippen LogP contribution in [0.15, 0.2) is 39.3 Å². The zero-order valence-corrected chi connectivity index (χ0v) is 19.3. The fourth-order valence-electron chi connectivity index (χ4n) is 3.35. The zero-order chi connectivity index (χ0) is 20.3. The molecule has 1 aliphatic carbocycles. The molecule has 0 spiro atoms. The van der Waals surface area contributed by atoms with E-state index >= 15 is 0 Å². The molecular weight excluding hydrogens is 486 g/mol. The van der Waals surface area contributed by atoms with Gasteiger partial charge in [-0.2, -0.15) is 0 Å². The first-order chi connectivity index (χ1) is 13.3. The first-order valence-electron chi connectivity index (χ1n) is 9.52. The van der Waals surface area contributed by atoms with Crippen LogP contribution >= 0.6 is 31.9 Å². The van der Waals surface area contributed by atoms with E-state index < -0.39 is 5.97 Å². The van der Waals surface area contributed by atoms with E-state index in [9.17, 15) is 4.79 Å². The minimum Gasteiger partial charge on any atom is -0.487 e. The third-order valence-electron chi connectivity index (χ3n) is 5.07. The van der Waals surface area contributed by atoms with E-state index in [2.05, 4.69) is 62.3 Å². The number of halogens is 2. The summed E-state index contributed by atoms with van der Waals surface area (Å²) in [4.78, 5) is 11.0. The maximum Gasteiger partial charge on any atom is 0.303 e. The molecule has 2 aromatic carbocycles. The third-order valence-corrected chi connectivity index (χ3v) is 6.24. The van der Waals surface area contributed by atoms with Crippen LogP contribution in [0.25, 0.3) is 0 Å². The number of hydrogen-bond acceptors (Lipinski definition) is 3. The Balaban J connectivity index is 1.71. The summed E-state index contributed by atoms with van der Waals surface area (Å²) in [5, 5.41) is 12.6. The highest BCUT2D eigenvalue weighted by atomic mass is 79.9. The van der Waals surface area contributed by atoms with Gasteiger partial charge < -0.3 is 15.2 Å². The summed E-state index contributed by atoms with van der Waals surface area (Å²) in [5.74, 6) is -0.150. The fraction of sp³-hybridized carbons (Fsp3) is 0.409. The molecule has 1 fully saturated rings. The number of benzene rings is 2. The maximum absolute atomic E-state index is 11.0. The molecule has 0 amide bonds. The average molecular weight is 511 g/mol. The summed E-state index contributed by atoms with van der Waals surface area (Å²) in [6.07, 6.45) is 3.89. The third kappa shape index (κ3) is 5.51. The molecular formula is C22H25Br2NO3. The van der Waals surface area contributed by atoms with Gasteiger partial charge in [0.05, 0.1) is 15.4 Å². The van der Waals surface area contributed by atoms with Crippen molar-refractivity contribution in [3.63, 3.8) is 0 Å². The van der Waals surface area contributed by atoms with Crippen molar-refractivity contribution >= 4 is 43.5 Å². The standard InChI is InChI=1S/C22H25Br2NO3/c1-13-6-15(9-18(7-13)25-17-4-3-5-17)12-28-22-19(23)10-16(11-20(22)24)14(2)8-21(26)27/h6-7,9-11,14,17,25H,3-5,8,12H2,1-2H3,(H,26,27). The Morgan fingerprint density at radius 2 is 1.89 bits per heavy atom. The highest BCUT2D eigenvalue weighted by Crippen LogP contribution is 2.38. The molecule has 0 heterocycles. The lowest BCUT2D eigenvalue weighted by Crippen LogP contribution is -2.27. The number of rotatable bonds is 8. The van der Waals surface area contributed by atoms with E-state index in [4.69, 9.17) is 9.84 Å². The van der Waals surface area contributed by atoms with Gasteiger partial charge in [-0.1, -0.05) is 13.0 Å². The molecule has 1 unspecified atom stereocenters. The molecule has 0 saturated heterocycles. The first kappa shape index (κ1) is 21.2. The number of carbonyl (C=O) groups is 1. The highest BCUT2D eigenvalue weighted by Gasteiger charge is 2.18. The first-order valence-corrected chi connectivity index (χ1v) is 11.1. The second-order valence-electron chi connectivity index (χ2n) is 7.58. The van der Waals surface area contributed by atoms with E-state index in [1.54, 1.807) is 0 Å². The van der Waals surface area contributed by atoms with Gasteiger partial charge in [0.15, 0.2) is 0 Å². The quantitative estimate of drug-likeness (QED) is 0.417. The van der Waals surface area contributed by atoms with Gasteiger partial charge in [-0.3, -0.25) is 4.79 Å². The molecule has 1 saturated carbocycles. The summed E-state index contributed by atoms with van der Waals surface area (Å²) in [6, 6.07) is 10.9. The van der Waals surface area contributed by atoms with Crippen molar-refractivity contribution in [1.82, 2.24) is 0 Å². The van der Waals surface area contributed by atoms with E-state index in [0.29, 0.717) is 12.6 Å². The van der Waals surface area contributed by atoms with E-state index in [-0.39, 0.29) is 12.3 Å². The molecule has 0 aromatic heterocycles. The van der Waals surface area contributed by atoms with Gasteiger partial charge in [-0.15, -0.1) is 0 Å². The molecule has 2 N–H and O–H groups in total. The van der Waals surface area contributed by atoms with Crippen molar-refractivity contribution in [2.24, 2.45) is 0 Å². The second kappa shape index (κ2) is 9.31. The maximum atomic E-state index is 11.0. The molecule has 0 aliphatic heterocycles. The molecule has 0 bridgehead atoms. The van der Waals surface area contributed by atoms with Crippen molar-refractivity contribution < 1.29 is 14.6 Å². The van der Waals surface area contributed by atoms with Crippen molar-refractivity contribution in [2.75, 3.05) is 5.32 Å². The number of ether oxygens (including phenoxy) is 1. The van der Waals surface area contributed by atoms with Crippen LogP contribution in [0.5, 0.6) is 5.75 Å². The molecule has 150 valence electrons. The Kier molecular flexibility index (Phi) is 7.05. The summed E-state index contributed by atoms with van der Waals surface area (Å²) < 4.78 is 7.72. The summed E-state index contributed by atoms with van der Waals surface area (Å²) in [7, 11) is 0. The monoisotopic (exact) mass is 509 g/mol. The Labute approximate surface area is 182 Å². The number of anilines is 1. The van der Waals surface area contributed by atoms with Gasteiger partial charge >= 0.3 is 5.97 Å². The van der Waals surface area contributed by atoms with Crippen molar-refractivity contribution in [1.29, 1.82) is 0 Å². The molecule has 2 aromatic rings. The number of aryl methyl sites for hydroxylation is 1. The molecule has 1 aliphatic rings. The van der Waals surface area contributed by atoms with Crippen molar-refractivity contribution in [3.05, 3.63) is 56.0 Å². The number of hydrogen-bond donors (Lipinski definition) is 2.